The summed E-state index contributed by atoms with van der Waals surface area (Å²) in [5.74, 6) is -1.02. The molecule has 0 unspecified atom stereocenters. The van der Waals surface area contributed by atoms with E-state index in [9.17, 15) is 19.7 Å². The lowest BCUT2D eigenvalue weighted by atomic mass is 10.2. The quantitative estimate of drug-likeness (QED) is 0.501. The maximum Gasteiger partial charge on any atom is 0.270 e. The van der Waals surface area contributed by atoms with Crippen LogP contribution in [-0.2, 0) is 4.79 Å². The fourth-order valence-electron chi connectivity index (χ4n) is 1.85. The highest BCUT2D eigenvalue weighted by atomic mass is 16.6. The Morgan fingerprint density at radius 1 is 1.13 bits per heavy atom. The molecule has 0 aromatic heterocycles. The molecule has 0 heterocycles. The predicted molar refractivity (Wildman–Crippen MR) is 85.7 cm³/mol. The number of nitrogens with two attached hydrogens (primary N) is 1. The normalized spacial score (nSPS) is 10.4. The van der Waals surface area contributed by atoms with Crippen LogP contribution in [0.3, 0.4) is 0 Å². The van der Waals surface area contributed by atoms with Gasteiger partial charge in [0.1, 0.15) is 0 Å². The Morgan fingerprint density at radius 3 is 2.57 bits per heavy atom. The highest BCUT2D eigenvalue weighted by Gasteiger charge is 2.05. The summed E-state index contributed by atoms with van der Waals surface area (Å²) in [6, 6.07) is 12.1. The van der Waals surface area contributed by atoms with Crippen LogP contribution >= 0.6 is 0 Å². The van der Waals surface area contributed by atoms with Crippen molar-refractivity contribution in [3.63, 3.8) is 0 Å². The second-order valence-electron chi connectivity index (χ2n) is 4.62. The summed E-state index contributed by atoms with van der Waals surface area (Å²) in [5.41, 5.74) is 6.35. The van der Waals surface area contributed by atoms with Gasteiger partial charge < -0.3 is 11.1 Å². The van der Waals surface area contributed by atoms with Gasteiger partial charge >= 0.3 is 0 Å². The third kappa shape index (κ3) is 4.50. The smallest absolute Gasteiger partial charge is 0.270 e. The number of nitrogens with one attached hydrogen (secondary N) is 1. The molecular formula is C16H13N3O4. The van der Waals surface area contributed by atoms with E-state index >= 15 is 0 Å². The molecule has 0 aliphatic heterocycles. The van der Waals surface area contributed by atoms with Crippen molar-refractivity contribution in [2.75, 3.05) is 5.32 Å². The molecule has 0 spiro atoms. The molecule has 23 heavy (non-hydrogen) atoms. The maximum atomic E-state index is 11.8. The topological polar surface area (TPSA) is 115 Å². The van der Waals surface area contributed by atoms with Gasteiger partial charge in [0, 0.05) is 29.5 Å². The highest BCUT2D eigenvalue weighted by molar-refractivity contribution is 6.03. The minimum atomic E-state index is -0.590. The van der Waals surface area contributed by atoms with E-state index in [1.54, 1.807) is 18.2 Å². The fourth-order valence-corrected chi connectivity index (χ4v) is 1.85. The minimum absolute atomic E-state index is 0.0540. The standard InChI is InChI=1S/C16H13N3O4/c17-16(21)12-4-2-5-13(10-12)18-15(20)8-7-11-3-1-6-14(9-11)19(22)23/h1-10H,(H2,17,21)(H,18,20)/b8-7+. The molecule has 116 valence electrons. The average molecular weight is 311 g/mol. The number of hydrogen-bond donors (Lipinski definition) is 2. The maximum absolute atomic E-state index is 11.8. The lowest BCUT2D eigenvalue weighted by Gasteiger charge is -2.03. The SMILES string of the molecule is NC(=O)c1cccc(NC(=O)/C=C/c2cccc([N+](=O)[O-])c2)c1. The van der Waals surface area contributed by atoms with Crippen molar-refractivity contribution in [3.8, 4) is 0 Å². The van der Waals surface area contributed by atoms with Crippen LogP contribution in [0, 0.1) is 10.1 Å². The predicted octanol–water partition coefficient (Wildman–Crippen LogP) is 2.35. The molecule has 2 aromatic rings. The lowest BCUT2D eigenvalue weighted by molar-refractivity contribution is -0.384. The largest absolute Gasteiger partial charge is 0.366 e. The van der Waals surface area contributed by atoms with Crippen LogP contribution in [0.2, 0.25) is 0 Å². The molecule has 7 nitrogen and oxygen atoms in total. The van der Waals surface area contributed by atoms with Gasteiger partial charge in [-0.3, -0.25) is 19.7 Å². The van der Waals surface area contributed by atoms with Crippen LogP contribution in [0.15, 0.2) is 54.6 Å². The van der Waals surface area contributed by atoms with Crippen LogP contribution in [0.25, 0.3) is 6.08 Å². The molecule has 0 fully saturated rings. The summed E-state index contributed by atoms with van der Waals surface area (Å²) in [5, 5.41) is 13.3. The molecule has 2 rings (SSSR count). The molecule has 0 aliphatic rings. The molecule has 0 radical (unpaired) electrons. The summed E-state index contributed by atoms with van der Waals surface area (Å²) in [6.45, 7) is 0. The van der Waals surface area contributed by atoms with Gasteiger partial charge in [-0.05, 0) is 29.8 Å². The molecule has 3 N–H and O–H groups in total. The number of nitrogens with zero attached hydrogens (tertiary/aromatic N) is 1. The molecule has 2 aromatic carbocycles. The van der Waals surface area contributed by atoms with Gasteiger partial charge in [-0.15, -0.1) is 0 Å². The number of amides is 2. The van der Waals surface area contributed by atoms with Gasteiger partial charge in [0.25, 0.3) is 5.69 Å². The van der Waals surface area contributed by atoms with E-state index < -0.39 is 16.7 Å². The highest BCUT2D eigenvalue weighted by Crippen LogP contribution is 2.14. The Morgan fingerprint density at radius 2 is 1.87 bits per heavy atom. The van der Waals surface area contributed by atoms with E-state index in [-0.39, 0.29) is 11.3 Å². The first-order valence-electron chi connectivity index (χ1n) is 6.59. The third-order valence-electron chi connectivity index (χ3n) is 2.92. The van der Waals surface area contributed by atoms with Crippen LogP contribution in [0.4, 0.5) is 11.4 Å². The van der Waals surface area contributed by atoms with Crippen molar-refractivity contribution in [3.05, 3.63) is 75.8 Å². The van der Waals surface area contributed by atoms with Crippen LogP contribution < -0.4 is 11.1 Å². The Kier molecular flexibility index (Phi) is 4.83. The number of carbonyl (C=O) groups is 2. The number of anilines is 1. The van der Waals surface area contributed by atoms with Crippen LogP contribution in [-0.4, -0.2) is 16.7 Å². The second-order valence-corrected chi connectivity index (χ2v) is 4.62. The first-order chi connectivity index (χ1) is 11.0. The summed E-state index contributed by atoms with van der Waals surface area (Å²) in [7, 11) is 0. The van der Waals surface area contributed by atoms with Crippen molar-refractivity contribution < 1.29 is 14.5 Å². The number of non-ortho nitro benzene ring substituents is 1. The van der Waals surface area contributed by atoms with Crippen molar-refractivity contribution >= 4 is 29.3 Å². The number of hydrogen-bond acceptors (Lipinski definition) is 4. The summed E-state index contributed by atoms with van der Waals surface area (Å²) >= 11 is 0. The Labute approximate surface area is 131 Å². The van der Waals surface area contributed by atoms with E-state index in [1.165, 1.54) is 42.5 Å². The van der Waals surface area contributed by atoms with Crippen LogP contribution in [0.1, 0.15) is 15.9 Å². The number of rotatable bonds is 5. The summed E-state index contributed by atoms with van der Waals surface area (Å²) in [6.07, 6.45) is 2.70. The number of carbonyl (C=O) groups excluding carboxylic acids is 2. The molecule has 2 amide bonds. The van der Waals surface area contributed by atoms with Gasteiger partial charge in [0.2, 0.25) is 11.8 Å². The summed E-state index contributed by atoms with van der Waals surface area (Å²) in [4.78, 5) is 33.1. The molecule has 0 saturated carbocycles. The number of nitro benzene ring substituents is 1. The van der Waals surface area contributed by atoms with Crippen molar-refractivity contribution in [1.29, 1.82) is 0 Å². The van der Waals surface area contributed by atoms with Crippen molar-refractivity contribution in [2.45, 2.75) is 0 Å². The van der Waals surface area contributed by atoms with Gasteiger partial charge in [-0.1, -0.05) is 18.2 Å². The number of nitro groups is 1. The minimum Gasteiger partial charge on any atom is -0.366 e. The zero-order valence-corrected chi connectivity index (χ0v) is 11.9. The van der Waals surface area contributed by atoms with E-state index in [2.05, 4.69) is 5.32 Å². The molecule has 0 bridgehead atoms. The van der Waals surface area contributed by atoms with Gasteiger partial charge in [0.15, 0.2) is 0 Å². The average Bonchev–Trinajstić information content (AvgIpc) is 2.53. The lowest BCUT2D eigenvalue weighted by Crippen LogP contribution is -2.12. The van der Waals surface area contributed by atoms with E-state index in [0.29, 0.717) is 11.3 Å². The zero-order chi connectivity index (χ0) is 16.8. The van der Waals surface area contributed by atoms with E-state index in [1.807, 2.05) is 0 Å². The first kappa shape index (κ1) is 15.9. The van der Waals surface area contributed by atoms with Gasteiger partial charge in [-0.25, -0.2) is 0 Å². The third-order valence-corrected chi connectivity index (χ3v) is 2.92. The fraction of sp³-hybridized carbons (Fsp3) is 0. The molecule has 0 aliphatic carbocycles. The van der Waals surface area contributed by atoms with Crippen LogP contribution in [0.5, 0.6) is 0 Å². The zero-order valence-electron chi connectivity index (χ0n) is 11.9. The first-order valence-corrected chi connectivity index (χ1v) is 6.59. The molecular weight excluding hydrogens is 298 g/mol. The van der Waals surface area contributed by atoms with E-state index in [0.717, 1.165) is 0 Å². The molecule has 7 heteroatoms. The Hall–Kier alpha value is -3.48. The number of benzene rings is 2. The van der Waals surface area contributed by atoms with Crippen molar-refractivity contribution in [1.82, 2.24) is 0 Å². The van der Waals surface area contributed by atoms with E-state index in [4.69, 9.17) is 5.73 Å². The molecule has 0 saturated heterocycles. The monoisotopic (exact) mass is 311 g/mol. The summed E-state index contributed by atoms with van der Waals surface area (Å²) < 4.78 is 0. The van der Waals surface area contributed by atoms with Crippen molar-refractivity contribution in [2.24, 2.45) is 5.73 Å². The van der Waals surface area contributed by atoms with Gasteiger partial charge in [0.05, 0.1) is 4.92 Å². The Balaban J connectivity index is 2.07. The Bertz CT molecular complexity index is 799. The second kappa shape index (κ2) is 6.99. The van der Waals surface area contributed by atoms with Gasteiger partial charge in [-0.2, -0.15) is 0 Å². The molecule has 0 atom stereocenters. The number of primary amides is 1.